The minimum atomic E-state index is -0.0444. The number of hydrogen-bond acceptors (Lipinski definition) is 5. The lowest BCUT2D eigenvalue weighted by Gasteiger charge is -2.07. The lowest BCUT2D eigenvalue weighted by molar-refractivity contribution is -0.115. The quantitative estimate of drug-likeness (QED) is 0.404. The highest BCUT2D eigenvalue weighted by atomic mass is 32.1. The number of nitrogens with zero attached hydrogens (tertiary/aromatic N) is 1. The van der Waals surface area contributed by atoms with Crippen molar-refractivity contribution in [1.29, 1.82) is 0 Å². The molecule has 5 nitrogen and oxygen atoms in total. The van der Waals surface area contributed by atoms with E-state index in [9.17, 15) is 4.79 Å². The molecule has 0 saturated heterocycles. The van der Waals surface area contributed by atoms with Gasteiger partial charge in [0.25, 0.3) is 0 Å². The van der Waals surface area contributed by atoms with Gasteiger partial charge >= 0.3 is 0 Å². The van der Waals surface area contributed by atoms with Crippen molar-refractivity contribution in [3.8, 4) is 17.0 Å². The number of amides is 1. The summed E-state index contributed by atoms with van der Waals surface area (Å²) in [6.07, 6.45) is 0.344. The third-order valence-electron chi connectivity index (χ3n) is 4.47. The van der Waals surface area contributed by atoms with Crippen molar-refractivity contribution in [3.05, 3.63) is 89.8 Å². The van der Waals surface area contributed by atoms with Crippen molar-refractivity contribution in [2.24, 2.45) is 0 Å². The molecule has 3 aromatic carbocycles. The summed E-state index contributed by atoms with van der Waals surface area (Å²) in [6, 6.07) is 25.1. The number of carbonyl (C=O) groups excluding carboxylic acids is 1. The molecule has 0 aliphatic heterocycles. The number of thiazole rings is 1. The number of benzene rings is 3. The van der Waals surface area contributed by atoms with Gasteiger partial charge < -0.3 is 15.4 Å². The number of ether oxygens (including phenoxy) is 1. The van der Waals surface area contributed by atoms with Gasteiger partial charge in [0.15, 0.2) is 5.13 Å². The highest BCUT2D eigenvalue weighted by Crippen LogP contribution is 2.29. The second kappa shape index (κ2) is 9.24. The molecule has 0 unspecified atom stereocenters. The van der Waals surface area contributed by atoms with E-state index in [-0.39, 0.29) is 5.91 Å². The van der Waals surface area contributed by atoms with Gasteiger partial charge in [-0.05, 0) is 29.8 Å². The summed E-state index contributed by atoms with van der Waals surface area (Å²) in [5.74, 6) is 0.743. The molecule has 1 amide bonds. The van der Waals surface area contributed by atoms with Crippen LogP contribution in [-0.2, 0) is 11.2 Å². The zero-order valence-electron chi connectivity index (χ0n) is 16.5. The molecule has 0 aliphatic rings. The number of anilines is 3. The van der Waals surface area contributed by atoms with Gasteiger partial charge in [-0.1, -0.05) is 48.5 Å². The van der Waals surface area contributed by atoms with E-state index in [0.29, 0.717) is 6.42 Å². The SMILES string of the molecule is COc1cccc(Nc2nc(-c3cccc(NC(=O)Cc4ccccc4)c3)cs2)c1. The van der Waals surface area contributed by atoms with Gasteiger partial charge in [-0.2, -0.15) is 0 Å². The third-order valence-corrected chi connectivity index (χ3v) is 5.23. The number of methoxy groups -OCH3 is 1. The van der Waals surface area contributed by atoms with E-state index in [0.717, 1.165) is 39.1 Å². The van der Waals surface area contributed by atoms with Crippen LogP contribution in [0.2, 0.25) is 0 Å². The van der Waals surface area contributed by atoms with Crippen molar-refractivity contribution in [2.45, 2.75) is 6.42 Å². The fraction of sp³-hybridized carbons (Fsp3) is 0.0833. The second-order valence-electron chi connectivity index (χ2n) is 6.69. The first-order valence-corrected chi connectivity index (χ1v) is 10.4. The van der Waals surface area contributed by atoms with Gasteiger partial charge in [0.1, 0.15) is 5.75 Å². The van der Waals surface area contributed by atoms with E-state index in [1.54, 1.807) is 7.11 Å². The summed E-state index contributed by atoms with van der Waals surface area (Å²) in [5, 5.41) is 9.05. The average Bonchev–Trinajstić information content (AvgIpc) is 3.23. The topological polar surface area (TPSA) is 63.2 Å². The number of rotatable bonds is 7. The van der Waals surface area contributed by atoms with Crippen LogP contribution in [0.25, 0.3) is 11.3 Å². The van der Waals surface area contributed by atoms with E-state index in [1.165, 1.54) is 11.3 Å². The summed E-state index contributed by atoms with van der Waals surface area (Å²) in [6.45, 7) is 0. The molecule has 4 aromatic rings. The van der Waals surface area contributed by atoms with Crippen LogP contribution in [0.15, 0.2) is 84.2 Å². The van der Waals surface area contributed by atoms with E-state index in [2.05, 4.69) is 15.6 Å². The van der Waals surface area contributed by atoms with Gasteiger partial charge in [0, 0.05) is 28.4 Å². The first-order chi connectivity index (χ1) is 14.7. The van der Waals surface area contributed by atoms with Gasteiger partial charge in [-0.15, -0.1) is 11.3 Å². The molecular formula is C24H21N3O2S. The number of carbonyl (C=O) groups is 1. The van der Waals surface area contributed by atoms with E-state index < -0.39 is 0 Å². The molecule has 1 heterocycles. The average molecular weight is 416 g/mol. The molecule has 0 spiro atoms. The molecule has 150 valence electrons. The fourth-order valence-corrected chi connectivity index (χ4v) is 3.77. The van der Waals surface area contributed by atoms with E-state index in [1.807, 2.05) is 84.2 Å². The van der Waals surface area contributed by atoms with Gasteiger partial charge in [-0.3, -0.25) is 4.79 Å². The summed E-state index contributed by atoms with van der Waals surface area (Å²) >= 11 is 1.52. The maximum Gasteiger partial charge on any atom is 0.228 e. The molecule has 0 atom stereocenters. The Balaban J connectivity index is 1.44. The summed E-state index contributed by atoms with van der Waals surface area (Å²) in [4.78, 5) is 17.0. The van der Waals surface area contributed by atoms with Crippen LogP contribution >= 0.6 is 11.3 Å². The van der Waals surface area contributed by atoms with Gasteiger partial charge in [-0.25, -0.2) is 4.98 Å². The monoisotopic (exact) mass is 415 g/mol. The molecule has 30 heavy (non-hydrogen) atoms. The largest absolute Gasteiger partial charge is 0.497 e. The minimum absolute atomic E-state index is 0.0444. The molecular weight excluding hydrogens is 394 g/mol. The van der Waals surface area contributed by atoms with Gasteiger partial charge in [0.05, 0.1) is 19.2 Å². The number of aromatic nitrogens is 1. The van der Waals surface area contributed by atoms with E-state index >= 15 is 0 Å². The summed E-state index contributed by atoms with van der Waals surface area (Å²) in [5.41, 5.74) is 4.45. The first kappa shape index (κ1) is 19.7. The summed E-state index contributed by atoms with van der Waals surface area (Å²) in [7, 11) is 1.65. The Bertz CT molecular complexity index is 1140. The lowest BCUT2D eigenvalue weighted by atomic mass is 10.1. The van der Waals surface area contributed by atoms with Crippen LogP contribution in [-0.4, -0.2) is 18.0 Å². The Morgan fingerprint density at radius 1 is 0.967 bits per heavy atom. The molecule has 1 aromatic heterocycles. The van der Waals surface area contributed by atoms with Crippen LogP contribution in [0.4, 0.5) is 16.5 Å². The Kier molecular flexibility index (Phi) is 6.06. The molecule has 4 rings (SSSR count). The zero-order chi connectivity index (χ0) is 20.8. The fourth-order valence-electron chi connectivity index (χ4n) is 3.03. The van der Waals surface area contributed by atoms with Crippen LogP contribution < -0.4 is 15.4 Å². The number of hydrogen-bond donors (Lipinski definition) is 2. The Morgan fingerprint density at radius 3 is 2.60 bits per heavy atom. The highest BCUT2D eigenvalue weighted by Gasteiger charge is 2.08. The predicted octanol–water partition coefficient (Wildman–Crippen LogP) is 5.74. The van der Waals surface area contributed by atoms with Crippen molar-refractivity contribution >= 4 is 33.8 Å². The molecule has 6 heteroatoms. The lowest BCUT2D eigenvalue weighted by Crippen LogP contribution is -2.14. The van der Waals surface area contributed by atoms with Gasteiger partial charge in [0.2, 0.25) is 5.91 Å². The Morgan fingerprint density at radius 2 is 1.77 bits per heavy atom. The van der Waals surface area contributed by atoms with E-state index in [4.69, 9.17) is 4.74 Å². The molecule has 0 fully saturated rings. The third kappa shape index (κ3) is 5.04. The summed E-state index contributed by atoms with van der Waals surface area (Å²) < 4.78 is 5.26. The van der Waals surface area contributed by atoms with Crippen LogP contribution in [0.5, 0.6) is 5.75 Å². The van der Waals surface area contributed by atoms with Crippen molar-refractivity contribution in [2.75, 3.05) is 17.7 Å². The van der Waals surface area contributed by atoms with Crippen molar-refractivity contribution in [3.63, 3.8) is 0 Å². The standard InChI is InChI=1S/C24H21N3O2S/c1-29-21-12-6-11-20(15-21)26-24-27-22(16-30-24)18-9-5-10-19(14-18)25-23(28)13-17-7-3-2-4-8-17/h2-12,14-16H,13H2,1H3,(H,25,28)(H,26,27). The smallest absolute Gasteiger partial charge is 0.228 e. The van der Waals surface area contributed by atoms with Crippen LogP contribution in [0.1, 0.15) is 5.56 Å². The molecule has 0 bridgehead atoms. The van der Waals surface area contributed by atoms with Crippen LogP contribution in [0.3, 0.4) is 0 Å². The Labute approximate surface area is 179 Å². The first-order valence-electron chi connectivity index (χ1n) is 9.50. The van der Waals surface area contributed by atoms with Crippen molar-refractivity contribution in [1.82, 2.24) is 4.98 Å². The van der Waals surface area contributed by atoms with Crippen LogP contribution in [0, 0.1) is 0 Å². The zero-order valence-corrected chi connectivity index (χ0v) is 17.3. The minimum Gasteiger partial charge on any atom is -0.497 e. The van der Waals surface area contributed by atoms with Crippen molar-refractivity contribution < 1.29 is 9.53 Å². The molecule has 0 aliphatic carbocycles. The highest BCUT2D eigenvalue weighted by molar-refractivity contribution is 7.14. The molecule has 2 N–H and O–H groups in total. The maximum atomic E-state index is 12.3. The number of nitrogens with one attached hydrogen (secondary N) is 2. The Hall–Kier alpha value is -3.64. The normalized spacial score (nSPS) is 10.4. The molecule has 0 saturated carbocycles. The predicted molar refractivity (Wildman–Crippen MR) is 123 cm³/mol. The second-order valence-corrected chi connectivity index (χ2v) is 7.54. The molecule has 0 radical (unpaired) electrons. The maximum absolute atomic E-state index is 12.3.